The summed E-state index contributed by atoms with van der Waals surface area (Å²) in [4.78, 5) is 75.4. The second kappa shape index (κ2) is 16.7. The van der Waals surface area contributed by atoms with Gasteiger partial charge in [0.1, 0.15) is 18.1 Å². The fourth-order valence-corrected chi connectivity index (χ4v) is 3.05. The molecule has 16 nitrogen and oxygen atoms in total. The quantitative estimate of drug-likeness (QED) is 0.0495. The van der Waals surface area contributed by atoms with Gasteiger partial charge in [-0.3, -0.25) is 29.0 Å². The summed E-state index contributed by atoms with van der Waals surface area (Å²) in [5.74, 6) is -7.41. The van der Waals surface area contributed by atoms with Gasteiger partial charge in [-0.25, -0.2) is 4.79 Å². The van der Waals surface area contributed by atoms with Crippen molar-refractivity contribution in [3.8, 4) is 0 Å². The number of hydrogen-bond donors (Lipinski definition) is 9. The van der Waals surface area contributed by atoms with Gasteiger partial charge in [0, 0.05) is 13.0 Å². The summed E-state index contributed by atoms with van der Waals surface area (Å²) in [6.07, 6.45) is -0.974. The van der Waals surface area contributed by atoms with Crippen LogP contribution in [0.1, 0.15) is 52.4 Å². The van der Waals surface area contributed by atoms with E-state index >= 15 is 0 Å². The summed E-state index contributed by atoms with van der Waals surface area (Å²) in [6.45, 7) is 3.45. The lowest BCUT2D eigenvalue weighted by atomic mass is 9.98. The summed E-state index contributed by atoms with van der Waals surface area (Å²) in [6, 6.07) is -5.55. The second-order valence-electron chi connectivity index (χ2n) is 8.42. The van der Waals surface area contributed by atoms with Crippen molar-refractivity contribution in [3.63, 3.8) is 0 Å². The summed E-state index contributed by atoms with van der Waals surface area (Å²) in [7, 11) is 0. The summed E-state index contributed by atoms with van der Waals surface area (Å²) in [5.41, 5.74) is 16.2. The smallest absolute Gasteiger partial charge is 0.326 e. The van der Waals surface area contributed by atoms with Crippen LogP contribution in [0, 0.1) is 5.92 Å². The van der Waals surface area contributed by atoms with Crippen LogP contribution < -0.4 is 33.2 Å². The number of nitrogens with two attached hydrogens (primary N) is 3. The van der Waals surface area contributed by atoms with Crippen molar-refractivity contribution in [1.82, 2.24) is 16.0 Å². The van der Waals surface area contributed by atoms with Crippen molar-refractivity contribution < 1.29 is 44.1 Å². The lowest BCUT2D eigenvalue weighted by Gasteiger charge is -2.26. The Bertz CT molecular complexity index is 861. The topological polar surface area (TPSA) is 290 Å². The zero-order valence-electron chi connectivity index (χ0n) is 20.8. The average molecular weight is 532 g/mol. The van der Waals surface area contributed by atoms with Crippen molar-refractivity contribution in [3.05, 3.63) is 0 Å². The van der Waals surface area contributed by atoms with E-state index in [0.717, 1.165) is 0 Å². The maximum Gasteiger partial charge on any atom is 0.326 e. The van der Waals surface area contributed by atoms with Crippen molar-refractivity contribution in [2.45, 2.75) is 76.5 Å². The van der Waals surface area contributed by atoms with E-state index < -0.39 is 78.6 Å². The number of carboxylic acids is 3. The van der Waals surface area contributed by atoms with E-state index in [1.807, 2.05) is 0 Å². The van der Waals surface area contributed by atoms with Gasteiger partial charge in [0.25, 0.3) is 0 Å². The predicted octanol–water partition coefficient (Wildman–Crippen LogP) is -2.71. The fraction of sp³-hybridized carbons (Fsp3) is 0.667. The number of nitrogens with one attached hydrogen (secondary N) is 3. The van der Waals surface area contributed by atoms with Crippen molar-refractivity contribution >= 4 is 41.6 Å². The highest BCUT2D eigenvalue weighted by molar-refractivity contribution is 5.95. The zero-order chi connectivity index (χ0) is 28.7. The van der Waals surface area contributed by atoms with E-state index in [0.29, 0.717) is 6.42 Å². The number of rotatable bonds is 18. The van der Waals surface area contributed by atoms with Crippen LogP contribution in [-0.2, 0) is 28.8 Å². The number of carbonyl (C=O) groups is 6. The Hall–Kier alpha value is -3.95. The summed E-state index contributed by atoms with van der Waals surface area (Å²) in [5, 5.41) is 34.2. The van der Waals surface area contributed by atoms with Crippen LogP contribution in [0.3, 0.4) is 0 Å². The molecule has 12 N–H and O–H groups in total. The van der Waals surface area contributed by atoms with Crippen molar-refractivity contribution in [1.29, 1.82) is 0 Å². The van der Waals surface area contributed by atoms with Crippen LogP contribution >= 0.6 is 0 Å². The molecule has 0 bridgehead atoms. The van der Waals surface area contributed by atoms with Gasteiger partial charge in [-0.2, -0.15) is 0 Å². The lowest BCUT2D eigenvalue weighted by Crippen LogP contribution is -2.58. The molecule has 0 rings (SSSR count). The molecule has 0 aliphatic heterocycles. The molecule has 0 aliphatic carbocycles. The highest BCUT2D eigenvalue weighted by Gasteiger charge is 2.32. The minimum absolute atomic E-state index is 0.0485. The van der Waals surface area contributed by atoms with E-state index in [9.17, 15) is 39.0 Å². The van der Waals surface area contributed by atoms with E-state index in [2.05, 4.69) is 20.9 Å². The second-order valence-corrected chi connectivity index (χ2v) is 8.42. The molecule has 16 heteroatoms. The van der Waals surface area contributed by atoms with E-state index in [4.69, 9.17) is 22.3 Å². The van der Waals surface area contributed by atoms with E-state index in [-0.39, 0.29) is 31.8 Å². The lowest BCUT2D eigenvalue weighted by molar-refractivity contribution is -0.144. The van der Waals surface area contributed by atoms with Crippen LogP contribution in [0.15, 0.2) is 4.99 Å². The zero-order valence-corrected chi connectivity index (χ0v) is 20.8. The third kappa shape index (κ3) is 13.6. The molecule has 0 aromatic rings. The van der Waals surface area contributed by atoms with Crippen LogP contribution in [0.25, 0.3) is 0 Å². The number of aliphatic imine (C=N–C) groups is 1. The van der Waals surface area contributed by atoms with Gasteiger partial charge in [0.05, 0.1) is 12.5 Å². The monoisotopic (exact) mass is 531 g/mol. The molecular weight excluding hydrogens is 494 g/mol. The van der Waals surface area contributed by atoms with Crippen LogP contribution in [0.4, 0.5) is 0 Å². The molecule has 37 heavy (non-hydrogen) atoms. The Labute approximate surface area is 213 Å². The Balaban J connectivity index is 5.68. The molecule has 0 radical (unpaired) electrons. The fourth-order valence-electron chi connectivity index (χ4n) is 3.05. The average Bonchev–Trinajstić information content (AvgIpc) is 2.80. The number of aliphatic carboxylic acids is 3. The number of hydrogen-bond acceptors (Lipinski definition) is 8. The van der Waals surface area contributed by atoms with Crippen molar-refractivity contribution in [2.24, 2.45) is 28.1 Å². The number of amides is 3. The Morgan fingerprint density at radius 3 is 1.89 bits per heavy atom. The number of carbonyl (C=O) groups excluding carboxylic acids is 3. The van der Waals surface area contributed by atoms with Gasteiger partial charge in [0.2, 0.25) is 17.7 Å². The van der Waals surface area contributed by atoms with Gasteiger partial charge >= 0.3 is 17.9 Å². The molecule has 210 valence electrons. The van der Waals surface area contributed by atoms with Crippen LogP contribution in [0.2, 0.25) is 0 Å². The molecule has 0 aromatic carbocycles. The van der Waals surface area contributed by atoms with Crippen LogP contribution in [0.5, 0.6) is 0 Å². The SMILES string of the molecule is CCC(C)C(NC(=O)C(CCCN=C(N)N)NC(=O)C(CC(=O)O)NC(=O)C(N)CCC(=O)O)C(=O)O. The number of carboxylic acid groups (broad SMARTS) is 3. The predicted molar refractivity (Wildman–Crippen MR) is 130 cm³/mol. The number of guanidine groups is 1. The molecule has 3 amide bonds. The highest BCUT2D eigenvalue weighted by Crippen LogP contribution is 2.10. The Kier molecular flexibility index (Phi) is 14.9. The van der Waals surface area contributed by atoms with E-state index in [1.165, 1.54) is 0 Å². The largest absolute Gasteiger partial charge is 0.481 e. The molecule has 5 atom stereocenters. The summed E-state index contributed by atoms with van der Waals surface area (Å²) < 4.78 is 0. The van der Waals surface area contributed by atoms with Gasteiger partial charge in [-0.05, 0) is 25.2 Å². The molecule has 0 spiro atoms. The first-order valence-electron chi connectivity index (χ1n) is 11.6. The number of nitrogens with zero attached hydrogens (tertiary/aromatic N) is 1. The molecule has 0 saturated carbocycles. The first-order chi connectivity index (χ1) is 17.2. The first kappa shape index (κ1) is 33.0. The maximum atomic E-state index is 12.9. The van der Waals surface area contributed by atoms with Crippen LogP contribution in [-0.4, -0.2) is 87.6 Å². The maximum absolute atomic E-state index is 12.9. The minimum atomic E-state index is -1.65. The third-order valence-corrected chi connectivity index (χ3v) is 5.37. The first-order valence-corrected chi connectivity index (χ1v) is 11.6. The van der Waals surface area contributed by atoms with Gasteiger partial charge in [-0.15, -0.1) is 0 Å². The normalized spacial score (nSPS) is 14.7. The van der Waals surface area contributed by atoms with Crippen molar-refractivity contribution in [2.75, 3.05) is 6.54 Å². The minimum Gasteiger partial charge on any atom is -0.481 e. The molecule has 0 aliphatic rings. The molecule has 5 unspecified atom stereocenters. The molecule has 0 saturated heterocycles. The van der Waals surface area contributed by atoms with Gasteiger partial charge < -0.3 is 48.5 Å². The molecule has 0 fully saturated rings. The standard InChI is InChI=1S/C21H37N7O9/c1-3-10(2)16(20(36)37)28-18(34)12(5-4-8-25-21(23)24)26-19(35)13(9-15(31)32)27-17(33)11(22)6-7-14(29)30/h10-13,16H,3-9,22H2,1-2H3,(H,26,35)(H,27,33)(H,28,34)(H,29,30)(H,31,32)(H,36,37)(H4,23,24,25). The third-order valence-electron chi connectivity index (χ3n) is 5.37. The van der Waals surface area contributed by atoms with Gasteiger partial charge in [-0.1, -0.05) is 20.3 Å². The molecular formula is C21H37N7O9. The summed E-state index contributed by atoms with van der Waals surface area (Å²) >= 11 is 0. The molecule has 0 heterocycles. The Morgan fingerprint density at radius 1 is 0.838 bits per heavy atom. The highest BCUT2D eigenvalue weighted by atomic mass is 16.4. The van der Waals surface area contributed by atoms with E-state index in [1.54, 1.807) is 13.8 Å². The van der Waals surface area contributed by atoms with Gasteiger partial charge in [0.15, 0.2) is 5.96 Å². The Morgan fingerprint density at radius 2 is 1.41 bits per heavy atom. The molecule has 0 aromatic heterocycles.